The molecule has 0 atom stereocenters. The van der Waals surface area contributed by atoms with Crippen LogP contribution in [0.4, 0.5) is 0 Å². The number of benzene rings is 1. The van der Waals surface area contributed by atoms with Crippen LogP contribution < -0.4 is 0 Å². The molecule has 1 rings (SSSR count). The van der Waals surface area contributed by atoms with Gasteiger partial charge in [0.25, 0.3) is 0 Å². The van der Waals surface area contributed by atoms with Crippen molar-refractivity contribution in [1.29, 1.82) is 0 Å². The van der Waals surface area contributed by atoms with Crippen molar-refractivity contribution in [2.45, 2.75) is 40.0 Å². The Morgan fingerprint density at radius 2 is 1.75 bits per heavy atom. The summed E-state index contributed by atoms with van der Waals surface area (Å²) < 4.78 is 0. The summed E-state index contributed by atoms with van der Waals surface area (Å²) >= 11 is 5.79. The highest BCUT2D eigenvalue weighted by molar-refractivity contribution is 7.99. The summed E-state index contributed by atoms with van der Waals surface area (Å²) in [5, 5.41) is 8.13. The van der Waals surface area contributed by atoms with E-state index in [-0.39, 0.29) is 0 Å². The second-order valence-electron chi connectivity index (χ2n) is 4.01. The molecule has 1 N–H and O–H groups in total. The number of carboxylic acid groups (broad SMARTS) is 1. The molecule has 2 nitrogen and oxygen atoms in total. The molecule has 0 spiro atoms. The molecule has 0 saturated carbocycles. The number of carboxylic acids is 1. The van der Waals surface area contributed by atoms with Crippen LogP contribution in [0.1, 0.15) is 39.2 Å². The third kappa shape index (κ3) is 19.7. The van der Waals surface area contributed by atoms with Gasteiger partial charge in [-0.05, 0) is 23.5 Å². The molecule has 0 aromatic heterocycles. The van der Waals surface area contributed by atoms with Gasteiger partial charge in [0.1, 0.15) is 0 Å². The summed E-state index contributed by atoms with van der Waals surface area (Å²) in [6.07, 6.45) is 2.61. The minimum atomic E-state index is -0.703. The zero-order chi connectivity index (χ0) is 15.6. The minimum absolute atomic E-state index is 0.290. The predicted octanol–water partition coefficient (Wildman–Crippen LogP) is 4.79. The first-order valence-electron chi connectivity index (χ1n) is 7.06. The highest BCUT2D eigenvalue weighted by Crippen LogP contribution is 2.00. The van der Waals surface area contributed by atoms with E-state index in [2.05, 4.69) is 50.7 Å². The van der Waals surface area contributed by atoms with E-state index in [0.717, 1.165) is 23.7 Å². The lowest BCUT2D eigenvalue weighted by molar-refractivity contribution is -0.136. The number of carbonyl (C=O) groups is 1. The van der Waals surface area contributed by atoms with E-state index in [1.807, 2.05) is 13.0 Å². The number of thiol groups is 1. The van der Waals surface area contributed by atoms with Gasteiger partial charge in [-0.3, -0.25) is 4.79 Å². The van der Waals surface area contributed by atoms with Crippen molar-refractivity contribution in [2.24, 2.45) is 0 Å². The van der Waals surface area contributed by atoms with Crippen LogP contribution in [0.5, 0.6) is 0 Å². The second-order valence-corrected chi connectivity index (χ2v) is 5.85. The minimum Gasteiger partial charge on any atom is -0.481 e. The van der Waals surface area contributed by atoms with Crippen LogP contribution in [0, 0.1) is 0 Å². The number of aliphatic carboxylic acids is 1. The fraction of sp³-hybridized carbons (Fsp3) is 0.562. The summed E-state index contributed by atoms with van der Waals surface area (Å²) in [4.78, 5) is 9.86. The summed E-state index contributed by atoms with van der Waals surface area (Å²) in [6, 6.07) is 10.4. The smallest absolute Gasteiger partial charge is 0.304 e. The molecule has 4 heteroatoms. The maximum atomic E-state index is 9.86. The molecule has 0 saturated heterocycles. The predicted molar refractivity (Wildman–Crippen MR) is 95.2 cm³/mol. The highest BCUT2D eigenvalue weighted by Gasteiger charge is 1.93. The van der Waals surface area contributed by atoms with Crippen LogP contribution in [0.2, 0.25) is 0 Å². The van der Waals surface area contributed by atoms with Crippen LogP contribution in [0.25, 0.3) is 0 Å². The summed E-state index contributed by atoms with van der Waals surface area (Å²) in [5.74, 6) is 1.98. The first kappa shape index (κ1) is 21.7. The van der Waals surface area contributed by atoms with Gasteiger partial charge in [0.15, 0.2) is 0 Å². The monoisotopic (exact) mass is 316 g/mol. The largest absolute Gasteiger partial charge is 0.481 e. The van der Waals surface area contributed by atoms with Gasteiger partial charge in [0.05, 0.1) is 6.42 Å². The maximum absolute atomic E-state index is 9.86. The average molecular weight is 317 g/mol. The van der Waals surface area contributed by atoms with Crippen LogP contribution >= 0.6 is 24.4 Å². The lowest BCUT2D eigenvalue weighted by atomic mass is 10.2. The van der Waals surface area contributed by atoms with E-state index in [4.69, 9.17) is 5.11 Å². The number of rotatable bonds is 6. The molecule has 0 radical (unpaired) electrons. The van der Waals surface area contributed by atoms with Crippen molar-refractivity contribution in [2.75, 3.05) is 17.3 Å². The number of aryl methyl sites for hydroxylation is 1. The molecule has 0 bridgehead atoms. The van der Waals surface area contributed by atoms with Crippen LogP contribution in [-0.4, -0.2) is 28.3 Å². The fourth-order valence-corrected chi connectivity index (χ4v) is 1.94. The third-order valence-electron chi connectivity index (χ3n) is 1.91. The summed E-state index contributed by atoms with van der Waals surface area (Å²) in [6.45, 7) is 6.27. The van der Waals surface area contributed by atoms with E-state index in [9.17, 15) is 4.79 Å². The lowest BCUT2D eigenvalue weighted by Gasteiger charge is -1.93. The Bertz CT molecular complexity index is 303. The molecule has 0 unspecified atom stereocenters. The zero-order valence-corrected chi connectivity index (χ0v) is 14.6. The van der Waals surface area contributed by atoms with Crippen LogP contribution in [0.3, 0.4) is 0 Å². The van der Waals surface area contributed by atoms with E-state index in [1.54, 1.807) is 11.8 Å². The van der Waals surface area contributed by atoms with Gasteiger partial charge in [0, 0.05) is 5.75 Å². The van der Waals surface area contributed by atoms with Crippen molar-refractivity contribution in [3.63, 3.8) is 0 Å². The quantitative estimate of drug-likeness (QED) is 0.585. The van der Waals surface area contributed by atoms with Gasteiger partial charge >= 0.3 is 5.97 Å². The molecular formula is C16H28O2S2. The Labute approximate surface area is 133 Å². The Balaban J connectivity index is 0. The zero-order valence-electron chi connectivity index (χ0n) is 12.8. The van der Waals surface area contributed by atoms with Crippen LogP contribution in [-0.2, 0) is 11.2 Å². The normalized spacial score (nSPS) is 8.80. The van der Waals surface area contributed by atoms with Gasteiger partial charge in [-0.15, -0.1) is 0 Å². The molecule has 0 aliphatic carbocycles. The molecule has 1 aromatic carbocycles. The first-order chi connectivity index (χ1) is 9.62. The number of hydrogen-bond acceptors (Lipinski definition) is 3. The van der Waals surface area contributed by atoms with E-state index in [1.165, 1.54) is 12.0 Å². The summed E-state index contributed by atoms with van der Waals surface area (Å²) in [5.41, 5.74) is 1.37. The lowest BCUT2D eigenvalue weighted by Crippen LogP contribution is -1.95. The molecule has 0 aliphatic heterocycles. The van der Waals surface area contributed by atoms with Gasteiger partial charge in [0.2, 0.25) is 0 Å². The molecule has 0 fully saturated rings. The summed E-state index contributed by atoms with van der Waals surface area (Å²) in [7, 11) is 0. The Hall–Kier alpha value is -0.610. The standard InChI is InChI=1S/C8H10S.C5H10O2S.C3H8/c9-7-6-8-4-2-1-3-5-8;1-2-8-4-3-5(6)7;1-3-2/h1-5,9H,6-7H2;2-4H2,1H3,(H,6,7);3H2,1-2H3. The van der Waals surface area contributed by atoms with Crippen molar-refractivity contribution in [1.82, 2.24) is 0 Å². The van der Waals surface area contributed by atoms with Gasteiger partial charge in [-0.1, -0.05) is 57.5 Å². The Morgan fingerprint density at radius 3 is 2.15 bits per heavy atom. The number of thioether (sulfide) groups is 1. The molecule has 20 heavy (non-hydrogen) atoms. The first-order valence-corrected chi connectivity index (χ1v) is 8.85. The van der Waals surface area contributed by atoms with Crippen LogP contribution in [0.15, 0.2) is 30.3 Å². The van der Waals surface area contributed by atoms with Crippen molar-refractivity contribution in [3.8, 4) is 0 Å². The van der Waals surface area contributed by atoms with Gasteiger partial charge in [-0.2, -0.15) is 24.4 Å². The van der Waals surface area contributed by atoms with Gasteiger partial charge < -0.3 is 5.11 Å². The molecule has 116 valence electrons. The molecule has 1 aromatic rings. The number of hydrogen-bond donors (Lipinski definition) is 2. The van der Waals surface area contributed by atoms with E-state index in [0.29, 0.717) is 6.42 Å². The fourth-order valence-electron chi connectivity index (χ4n) is 1.08. The average Bonchev–Trinajstić information content (AvgIpc) is 2.42. The SMILES string of the molecule is CCC.CCSCCC(=O)O.SCCc1ccccc1. The van der Waals surface area contributed by atoms with Crippen molar-refractivity contribution < 1.29 is 9.90 Å². The molecule has 0 amide bonds. The van der Waals surface area contributed by atoms with Gasteiger partial charge in [-0.25, -0.2) is 0 Å². The van der Waals surface area contributed by atoms with Crippen molar-refractivity contribution in [3.05, 3.63) is 35.9 Å². The second kappa shape index (κ2) is 18.4. The third-order valence-corrected chi connectivity index (χ3v) is 3.03. The maximum Gasteiger partial charge on any atom is 0.304 e. The topological polar surface area (TPSA) is 37.3 Å². The molecular weight excluding hydrogens is 288 g/mol. The Kier molecular flexibility index (Phi) is 19.9. The Morgan fingerprint density at radius 1 is 1.20 bits per heavy atom. The van der Waals surface area contributed by atoms with E-state index >= 15 is 0 Å². The van der Waals surface area contributed by atoms with Crippen molar-refractivity contribution >= 4 is 30.4 Å². The molecule has 0 aliphatic rings. The van der Waals surface area contributed by atoms with E-state index < -0.39 is 5.97 Å². The highest BCUT2D eigenvalue weighted by atomic mass is 32.2. The molecule has 0 heterocycles.